The third-order valence-corrected chi connectivity index (χ3v) is 3.70. The van der Waals surface area contributed by atoms with Crippen LogP contribution in [0.2, 0.25) is 0 Å². The van der Waals surface area contributed by atoms with Crippen LogP contribution >= 0.6 is 11.8 Å². The van der Waals surface area contributed by atoms with Crippen molar-refractivity contribution in [1.29, 1.82) is 0 Å². The lowest BCUT2D eigenvalue weighted by atomic mass is 10.4. The van der Waals surface area contributed by atoms with Crippen molar-refractivity contribution in [3.05, 3.63) is 18.3 Å². The Hall–Kier alpha value is -2.16. The smallest absolute Gasteiger partial charge is 0.191 e. The van der Waals surface area contributed by atoms with Crippen LogP contribution in [0.1, 0.15) is 5.82 Å². The van der Waals surface area contributed by atoms with Crippen LogP contribution in [0.25, 0.3) is 11.0 Å². The molecule has 0 aliphatic rings. The van der Waals surface area contributed by atoms with Crippen molar-refractivity contribution in [3.63, 3.8) is 0 Å². The maximum absolute atomic E-state index is 5.90. The summed E-state index contributed by atoms with van der Waals surface area (Å²) in [6, 6.07) is 0. The Bertz CT molecular complexity index is 730. The average molecular weight is 276 g/mol. The third-order valence-electron chi connectivity index (χ3n) is 2.67. The average Bonchev–Trinajstić information content (AvgIpc) is 2.95. The van der Waals surface area contributed by atoms with E-state index in [2.05, 4.69) is 25.3 Å². The Labute approximate surface area is 113 Å². The first-order chi connectivity index (χ1) is 9.15. The number of rotatable bonds is 3. The van der Waals surface area contributed by atoms with Gasteiger partial charge in [0, 0.05) is 14.1 Å². The highest BCUT2D eigenvalue weighted by atomic mass is 32.2. The Morgan fingerprint density at radius 2 is 2.16 bits per heavy atom. The molecule has 2 N–H and O–H groups in total. The van der Waals surface area contributed by atoms with Gasteiger partial charge in [0.25, 0.3) is 0 Å². The molecule has 0 unspecified atom stereocenters. The van der Waals surface area contributed by atoms with E-state index in [1.54, 1.807) is 17.2 Å². The maximum Gasteiger partial charge on any atom is 0.191 e. The van der Waals surface area contributed by atoms with Gasteiger partial charge in [-0.05, 0) is 0 Å². The van der Waals surface area contributed by atoms with Gasteiger partial charge < -0.3 is 10.3 Å². The number of nitrogens with two attached hydrogens (primary N) is 1. The van der Waals surface area contributed by atoms with Gasteiger partial charge in [0.15, 0.2) is 10.8 Å². The van der Waals surface area contributed by atoms with Crippen LogP contribution in [0.4, 0.5) is 5.82 Å². The topological polar surface area (TPSA) is 100 Å². The van der Waals surface area contributed by atoms with Crippen LogP contribution in [-0.2, 0) is 19.8 Å². The Kier molecular flexibility index (Phi) is 2.82. The van der Waals surface area contributed by atoms with Crippen molar-refractivity contribution < 1.29 is 0 Å². The summed E-state index contributed by atoms with van der Waals surface area (Å²) >= 11 is 1.51. The van der Waals surface area contributed by atoms with Crippen molar-refractivity contribution in [1.82, 2.24) is 34.5 Å². The van der Waals surface area contributed by atoms with Crippen LogP contribution in [0.15, 0.2) is 17.7 Å². The molecule has 3 rings (SSSR count). The molecule has 3 heterocycles. The highest BCUT2D eigenvalue weighted by molar-refractivity contribution is 7.98. The summed E-state index contributed by atoms with van der Waals surface area (Å²) in [6.07, 6.45) is 3.33. The van der Waals surface area contributed by atoms with Crippen LogP contribution < -0.4 is 5.73 Å². The molecule has 0 fully saturated rings. The lowest BCUT2D eigenvalue weighted by molar-refractivity contribution is 0.780. The zero-order valence-corrected chi connectivity index (χ0v) is 11.3. The largest absolute Gasteiger partial charge is 0.383 e. The monoisotopic (exact) mass is 276 g/mol. The van der Waals surface area contributed by atoms with Crippen LogP contribution in [0, 0.1) is 0 Å². The van der Waals surface area contributed by atoms with Gasteiger partial charge in [-0.3, -0.25) is 4.68 Å². The molecule has 0 saturated heterocycles. The summed E-state index contributed by atoms with van der Waals surface area (Å²) in [5, 5.41) is 13.5. The van der Waals surface area contributed by atoms with Crippen molar-refractivity contribution in [3.8, 4) is 0 Å². The predicted octanol–water partition coefficient (Wildman–Crippen LogP) is 0.366. The number of thioether (sulfide) groups is 1. The van der Waals surface area contributed by atoms with Gasteiger partial charge in [-0.2, -0.15) is 5.10 Å². The molecule has 8 nitrogen and oxygen atoms in total. The molecule has 9 heteroatoms. The van der Waals surface area contributed by atoms with Gasteiger partial charge in [-0.25, -0.2) is 9.97 Å². The number of aromatic nitrogens is 7. The van der Waals surface area contributed by atoms with Crippen molar-refractivity contribution in [2.75, 3.05) is 5.73 Å². The molecule has 3 aromatic rings. The van der Waals surface area contributed by atoms with Crippen molar-refractivity contribution >= 4 is 28.6 Å². The van der Waals surface area contributed by atoms with Crippen molar-refractivity contribution in [2.24, 2.45) is 14.1 Å². The minimum atomic E-state index is 0.451. The number of hydrogen-bond donors (Lipinski definition) is 1. The molecule has 0 aliphatic carbocycles. The molecular formula is C10H12N8S. The Balaban J connectivity index is 1.89. The van der Waals surface area contributed by atoms with E-state index in [4.69, 9.17) is 5.73 Å². The van der Waals surface area contributed by atoms with Crippen LogP contribution in [0.5, 0.6) is 0 Å². The first-order valence-corrected chi connectivity index (χ1v) is 6.54. The van der Waals surface area contributed by atoms with E-state index in [1.807, 2.05) is 18.7 Å². The third kappa shape index (κ3) is 2.12. The number of aryl methyl sites for hydroxylation is 2. The van der Waals surface area contributed by atoms with Gasteiger partial charge >= 0.3 is 0 Å². The van der Waals surface area contributed by atoms with E-state index >= 15 is 0 Å². The summed E-state index contributed by atoms with van der Waals surface area (Å²) in [6.45, 7) is 0. The fourth-order valence-electron chi connectivity index (χ4n) is 1.69. The summed E-state index contributed by atoms with van der Waals surface area (Å²) in [7, 11) is 3.72. The zero-order chi connectivity index (χ0) is 13.4. The molecule has 0 amide bonds. The van der Waals surface area contributed by atoms with Gasteiger partial charge in [0.05, 0.1) is 17.3 Å². The lowest BCUT2D eigenvalue weighted by Gasteiger charge is -2.03. The van der Waals surface area contributed by atoms with E-state index in [0.717, 1.165) is 16.2 Å². The molecule has 0 bridgehead atoms. The highest BCUT2D eigenvalue weighted by Crippen LogP contribution is 2.21. The fourth-order valence-corrected chi connectivity index (χ4v) is 2.43. The molecule has 3 aromatic heterocycles. The first-order valence-electron chi connectivity index (χ1n) is 5.56. The van der Waals surface area contributed by atoms with Gasteiger partial charge in [-0.15, -0.1) is 10.2 Å². The molecule has 0 atom stereocenters. The molecule has 0 spiro atoms. The molecule has 98 valence electrons. The lowest BCUT2D eigenvalue weighted by Crippen LogP contribution is -2.02. The van der Waals surface area contributed by atoms with Crippen LogP contribution in [-0.4, -0.2) is 34.5 Å². The molecule has 0 aliphatic heterocycles. The van der Waals surface area contributed by atoms with Gasteiger partial charge in [0.2, 0.25) is 0 Å². The van der Waals surface area contributed by atoms with E-state index < -0.39 is 0 Å². The summed E-state index contributed by atoms with van der Waals surface area (Å²) in [5.74, 6) is 1.69. The zero-order valence-electron chi connectivity index (χ0n) is 10.5. The number of nitrogen functional groups attached to an aromatic ring is 1. The fraction of sp³-hybridized carbons (Fsp3) is 0.300. The van der Waals surface area contributed by atoms with E-state index in [-0.39, 0.29) is 0 Å². The molecule has 0 aromatic carbocycles. The Morgan fingerprint density at radius 3 is 2.89 bits per heavy atom. The van der Waals surface area contributed by atoms with Gasteiger partial charge in [-0.1, -0.05) is 11.8 Å². The number of nitrogens with zero attached hydrogens (tertiary/aromatic N) is 7. The minimum absolute atomic E-state index is 0.451. The second-order valence-electron chi connectivity index (χ2n) is 4.04. The van der Waals surface area contributed by atoms with E-state index in [9.17, 15) is 0 Å². The SMILES string of the molecule is Cn1cnnc1SCc1nc(N)c2cnn(C)c2n1. The molecule has 0 radical (unpaired) electrons. The standard InChI is InChI=1S/C10H12N8S/c1-17-5-12-16-10(17)19-4-7-14-8(11)6-3-13-18(2)9(6)15-7/h3,5H,4H2,1-2H3,(H2,11,14,15). The molecule has 19 heavy (non-hydrogen) atoms. The van der Waals surface area contributed by atoms with Crippen molar-refractivity contribution in [2.45, 2.75) is 10.9 Å². The molecular weight excluding hydrogens is 264 g/mol. The quantitative estimate of drug-likeness (QED) is 0.689. The normalized spacial score (nSPS) is 11.3. The minimum Gasteiger partial charge on any atom is -0.383 e. The number of hydrogen-bond acceptors (Lipinski definition) is 7. The maximum atomic E-state index is 5.90. The second kappa shape index (κ2) is 4.50. The summed E-state index contributed by atoms with van der Waals surface area (Å²) in [5.41, 5.74) is 6.64. The summed E-state index contributed by atoms with van der Waals surface area (Å²) < 4.78 is 3.53. The number of anilines is 1. The van der Waals surface area contributed by atoms with Gasteiger partial charge in [0.1, 0.15) is 18.0 Å². The highest BCUT2D eigenvalue weighted by Gasteiger charge is 2.10. The van der Waals surface area contributed by atoms with E-state index in [1.165, 1.54) is 11.8 Å². The molecule has 0 saturated carbocycles. The second-order valence-corrected chi connectivity index (χ2v) is 4.99. The van der Waals surface area contributed by atoms with Crippen LogP contribution in [0.3, 0.4) is 0 Å². The summed E-state index contributed by atoms with van der Waals surface area (Å²) in [4.78, 5) is 8.73. The first kappa shape index (κ1) is 11.9. The van der Waals surface area contributed by atoms with E-state index in [0.29, 0.717) is 17.4 Å². The predicted molar refractivity (Wildman–Crippen MR) is 71.3 cm³/mol. The Morgan fingerprint density at radius 1 is 1.32 bits per heavy atom. The number of fused-ring (bicyclic) bond motifs is 1.